The number of carbonyl (C=O) groups excluding carboxylic acids is 3. The molecule has 0 bridgehead atoms. The third-order valence-electron chi connectivity index (χ3n) is 3.40. The van der Waals surface area contributed by atoms with Crippen LogP contribution in [0.2, 0.25) is 0 Å². The van der Waals surface area contributed by atoms with Gasteiger partial charge in [0.05, 0.1) is 17.3 Å². The van der Waals surface area contributed by atoms with Crippen molar-refractivity contribution in [2.24, 2.45) is 0 Å². The molecule has 23 heavy (non-hydrogen) atoms. The molecule has 1 aromatic carbocycles. The molecule has 2 heterocycles. The lowest BCUT2D eigenvalue weighted by Gasteiger charge is -2.13. The zero-order chi connectivity index (χ0) is 16.4. The standard InChI is InChI=1S/C14H12BrN5O3/c15-8-3-4-9-10(6-8)14(23)20(13(9)22)5-1-2-12(21)17-11-7-16-19-18-11/h3-4,6-7H,1-2,5H2,(H2,16,17,18,19,21). The van der Waals surface area contributed by atoms with Gasteiger partial charge in [0.1, 0.15) is 0 Å². The summed E-state index contributed by atoms with van der Waals surface area (Å²) in [5.74, 6) is -0.573. The summed E-state index contributed by atoms with van der Waals surface area (Å²) in [5, 5.41) is 12.2. The van der Waals surface area contributed by atoms with Crippen molar-refractivity contribution in [3.63, 3.8) is 0 Å². The fraction of sp³-hybridized carbons (Fsp3) is 0.214. The highest BCUT2D eigenvalue weighted by molar-refractivity contribution is 9.10. The van der Waals surface area contributed by atoms with Crippen LogP contribution in [0.3, 0.4) is 0 Å². The average molecular weight is 378 g/mol. The Morgan fingerprint density at radius 1 is 1.26 bits per heavy atom. The van der Waals surface area contributed by atoms with Crippen molar-refractivity contribution in [3.05, 3.63) is 40.0 Å². The summed E-state index contributed by atoms with van der Waals surface area (Å²) < 4.78 is 0.742. The van der Waals surface area contributed by atoms with E-state index >= 15 is 0 Å². The lowest BCUT2D eigenvalue weighted by atomic mass is 10.1. The third kappa shape index (κ3) is 3.14. The minimum Gasteiger partial charge on any atom is -0.308 e. The Morgan fingerprint density at radius 3 is 2.78 bits per heavy atom. The lowest BCUT2D eigenvalue weighted by molar-refractivity contribution is -0.116. The molecule has 0 spiro atoms. The van der Waals surface area contributed by atoms with E-state index < -0.39 is 0 Å². The second-order valence-electron chi connectivity index (χ2n) is 4.96. The van der Waals surface area contributed by atoms with Gasteiger partial charge in [0.15, 0.2) is 5.82 Å². The third-order valence-corrected chi connectivity index (χ3v) is 3.89. The Bertz CT molecular complexity index is 775. The highest BCUT2D eigenvalue weighted by atomic mass is 79.9. The van der Waals surface area contributed by atoms with Gasteiger partial charge in [-0.25, -0.2) is 0 Å². The number of rotatable bonds is 5. The van der Waals surface area contributed by atoms with Crippen LogP contribution in [0.15, 0.2) is 28.9 Å². The van der Waals surface area contributed by atoms with Crippen LogP contribution >= 0.6 is 15.9 Å². The number of hydrogen-bond donors (Lipinski definition) is 2. The van der Waals surface area contributed by atoms with Crippen LogP contribution in [-0.4, -0.2) is 44.6 Å². The number of halogens is 1. The molecule has 9 heteroatoms. The number of fused-ring (bicyclic) bond motifs is 1. The predicted octanol–water partition coefficient (Wildman–Crippen LogP) is 1.58. The smallest absolute Gasteiger partial charge is 0.261 e. The zero-order valence-electron chi connectivity index (χ0n) is 11.9. The van der Waals surface area contributed by atoms with Crippen LogP contribution in [0.4, 0.5) is 5.82 Å². The molecule has 0 fully saturated rings. The fourth-order valence-electron chi connectivity index (χ4n) is 2.33. The highest BCUT2D eigenvalue weighted by Crippen LogP contribution is 2.26. The first-order valence-corrected chi connectivity index (χ1v) is 7.67. The number of H-pyrrole nitrogens is 1. The Labute approximate surface area is 139 Å². The van der Waals surface area contributed by atoms with Crippen molar-refractivity contribution in [3.8, 4) is 0 Å². The number of aromatic nitrogens is 3. The topological polar surface area (TPSA) is 108 Å². The number of benzene rings is 1. The quantitative estimate of drug-likeness (QED) is 0.769. The van der Waals surface area contributed by atoms with E-state index in [1.54, 1.807) is 18.2 Å². The Morgan fingerprint density at radius 2 is 2.04 bits per heavy atom. The molecule has 0 unspecified atom stereocenters. The Balaban J connectivity index is 1.56. The van der Waals surface area contributed by atoms with Gasteiger partial charge in [0.2, 0.25) is 5.91 Å². The number of amides is 3. The zero-order valence-corrected chi connectivity index (χ0v) is 13.5. The largest absolute Gasteiger partial charge is 0.308 e. The number of nitrogens with zero attached hydrogens (tertiary/aromatic N) is 3. The summed E-state index contributed by atoms with van der Waals surface area (Å²) in [7, 11) is 0. The molecule has 2 aromatic rings. The first-order chi connectivity index (χ1) is 11.1. The van der Waals surface area contributed by atoms with Crippen LogP contribution in [0.25, 0.3) is 0 Å². The molecule has 3 amide bonds. The number of aromatic amines is 1. The normalized spacial score (nSPS) is 13.3. The van der Waals surface area contributed by atoms with E-state index in [2.05, 4.69) is 36.7 Å². The molecule has 3 rings (SSSR count). The molecule has 2 N–H and O–H groups in total. The maximum absolute atomic E-state index is 12.3. The summed E-state index contributed by atoms with van der Waals surface area (Å²) in [4.78, 5) is 37.4. The first kappa shape index (κ1) is 15.3. The minimum atomic E-state index is -0.330. The summed E-state index contributed by atoms with van der Waals surface area (Å²) in [6.45, 7) is 0.191. The molecule has 0 atom stereocenters. The van der Waals surface area contributed by atoms with E-state index in [-0.39, 0.29) is 30.7 Å². The molecule has 0 aliphatic carbocycles. The summed E-state index contributed by atoms with van der Waals surface area (Å²) in [6.07, 6.45) is 1.93. The maximum Gasteiger partial charge on any atom is 0.261 e. The Hall–Kier alpha value is -2.55. The number of anilines is 1. The van der Waals surface area contributed by atoms with Gasteiger partial charge < -0.3 is 5.32 Å². The first-order valence-electron chi connectivity index (χ1n) is 6.87. The van der Waals surface area contributed by atoms with E-state index in [1.807, 2.05) is 0 Å². The van der Waals surface area contributed by atoms with Gasteiger partial charge in [0, 0.05) is 17.4 Å². The van der Waals surface area contributed by atoms with Gasteiger partial charge in [0.25, 0.3) is 11.8 Å². The van der Waals surface area contributed by atoms with Crippen molar-refractivity contribution in [2.75, 3.05) is 11.9 Å². The van der Waals surface area contributed by atoms with E-state index in [1.165, 1.54) is 11.1 Å². The molecule has 0 radical (unpaired) electrons. The SMILES string of the molecule is O=C(CCCN1C(=O)c2ccc(Br)cc2C1=O)Nc1cn[nH]n1. The van der Waals surface area contributed by atoms with Gasteiger partial charge in [-0.05, 0) is 24.6 Å². The average Bonchev–Trinajstić information content (AvgIpc) is 3.10. The van der Waals surface area contributed by atoms with Crippen LogP contribution < -0.4 is 5.32 Å². The molecule has 0 saturated carbocycles. The van der Waals surface area contributed by atoms with Crippen LogP contribution in [-0.2, 0) is 4.79 Å². The van der Waals surface area contributed by atoms with Gasteiger partial charge in [-0.3, -0.25) is 19.3 Å². The minimum absolute atomic E-state index is 0.171. The van der Waals surface area contributed by atoms with E-state index in [4.69, 9.17) is 0 Å². The van der Waals surface area contributed by atoms with Crippen LogP contribution in [0.1, 0.15) is 33.6 Å². The second-order valence-corrected chi connectivity index (χ2v) is 5.87. The number of hydrogen-bond acceptors (Lipinski definition) is 5. The van der Waals surface area contributed by atoms with Crippen molar-refractivity contribution < 1.29 is 14.4 Å². The van der Waals surface area contributed by atoms with Gasteiger partial charge in [-0.1, -0.05) is 15.9 Å². The van der Waals surface area contributed by atoms with E-state index in [0.717, 1.165) is 4.47 Å². The van der Waals surface area contributed by atoms with Gasteiger partial charge in [-0.15, -0.1) is 5.10 Å². The number of carbonyl (C=O) groups is 3. The molecular weight excluding hydrogens is 366 g/mol. The maximum atomic E-state index is 12.3. The molecule has 118 valence electrons. The predicted molar refractivity (Wildman–Crippen MR) is 83.8 cm³/mol. The highest BCUT2D eigenvalue weighted by Gasteiger charge is 2.35. The summed E-state index contributed by atoms with van der Waals surface area (Å²) in [6, 6.07) is 4.97. The molecule has 1 aliphatic heterocycles. The van der Waals surface area contributed by atoms with Gasteiger partial charge in [-0.2, -0.15) is 10.3 Å². The lowest BCUT2D eigenvalue weighted by Crippen LogP contribution is -2.31. The molecule has 1 aromatic heterocycles. The van der Waals surface area contributed by atoms with Crippen LogP contribution in [0, 0.1) is 0 Å². The van der Waals surface area contributed by atoms with Crippen molar-refractivity contribution in [2.45, 2.75) is 12.8 Å². The molecule has 0 saturated heterocycles. The fourth-order valence-corrected chi connectivity index (χ4v) is 2.69. The van der Waals surface area contributed by atoms with Crippen molar-refractivity contribution in [1.29, 1.82) is 0 Å². The molecule has 1 aliphatic rings. The second kappa shape index (κ2) is 6.29. The molecular formula is C14H12BrN5O3. The van der Waals surface area contributed by atoms with Crippen molar-refractivity contribution >= 4 is 39.5 Å². The number of imide groups is 1. The van der Waals surface area contributed by atoms with E-state index in [9.17, 15) is 14.4 Å². The molecule has 8 nitrogen and oxygen atoms in total. The monoisotopic (exact) mass is 377 g/mol. The van der Waals surface area contributed by atoms with Crippen LogP contribution in [0.5, 0.6) is 0 Å². The van der Waals surface area contributed by atoms with Crippen molar-refractivity contribution in [1.82, 2.24) is 20.3 Å². The summed E-state index contributed by atoms with van der Waals surface area (Å²) >= 11 is 3.28. The van der Waals surface area contributed by atoms with Gasteiger partial charge >= 0.3 is 0 Å². The summed E-state index contributed by atoms with van der Waals surface area (Å²) in [5.41, 5.74) is 0.779. The van der Waals surface area contributed by atoms with E-state index in [0.29, 0.717) is 23.4 Å². The number of nitrogens with one attached hydrogen (secondary N) is 2. The Kier molecular flexibility index (Phi) is 4.20.